The zero-order valence-corrected chi connectivity index (χ0v) is 8.13. The molecule has 0 radical (unpaired) electrons. The maximum absolute atomic E-state index is 5.32. The summed E-state index contributed by atoms with van der Waals surface area (Å²) in [6, 6.07) is -0.106. The van der Waals surface area contributed by atoms with Gasteiger partial charge in [0.25, 0.3) is 0 Å². The molecule has 1 atom stereocenters. The zero-order chi connectivity index (χ0) is 9.56. The Morgan fingerprint density at radius 3 is 2.08 bits per heavy atom. The normalized spacial score (nSPS) is 13.2. The van der Waals surface area contributed by atoms with Gasteiger partial charge in [-0.2, -0.15) is 0 Å². The summed E-state index contributed by atoms with van der Waals surface area (Å²) < 4.78 is 10.1. The minimum Gasteiger partial charge on any atom is -0.354 e. The molecule has 0 rings (SSSR count). The first-order chi connectivity index (χ1) is 5.65. The molecular formula is C8H18N2O2. The molecule has 0 spiro atoms. The molecule has 3 N–H and O–H groups in total. The van der Waals surface area contributed by atoms with Crippen molar-refractivity contribution in [2.24, 2.45) is 5.84 Å². The Balaban J connectivity index is 4.21. The number of rotatable bonds is 5. The van der Waals surface area contributed by atoms with Gasteiger partial charge in [-0.25, -0.2) is 5.43 Å². The lowest BCUT2D eigenvalue weighted by Gasteiger charge is -2.21. The summed E-state index contributed by atoms with van der Waals surface area (Å²) in [6.45, 7) is 3.99. The Hall–Kier alpha value is -0.420. The van der Waals surface area contributed by atoms with E-state index in [4.69, 9.17) is 15.3 Å². The summed E-state index contributed by atoms with van der Waals surface area (Å²) in [5, 5.41) is 0. The van der Waals surface area contributed by atoms with Crippen LogP contribution in [0.2, 0.25) is 0 Å². The van der Waals surface area contributed by atoms with Crippen molar-refractivity contribution in [3.63, 3.8) is 0 Å². The summed E-state index contributed by atoms with van der Waals surface area (Å²) in [5.74, 6) is 5.32. The highest BCUT2D eigenvalue weighted by atomic mass is 16.7. The maximum atomic E-state index is 5.32. The molecule has 4 nitrogen and oxygen atoms in total. The van der Waals surface area contributed by atoms with Crippen molar-refractivity contribution in [1.29, 1.82) is 0 Å². The number of nitrogens with one attached hydrogen (secondary N) is 1. The molecule has 4 heteroatoms. The van der Waals surface area contributed by atoms with Gasteiger partial charge >= 0.3 is 0 Å². The van der Waals surface area contributed by atoms with Crippen LogP contribution in [0.3, 0.4) is 0 Å². The second-order valence-corrected chi connectivity index (χ2v) is 2.78. The first-order valence-electron chi connectivity index (χ1n) is 3.82. The van der Waals surface area contributed by atoms with Gasteiger partial charge in [-0.1, -0.05) is 11.6 Å². The largest absolute Gasteiger partial charge is 0.354 e. The molecule has 0 heterocycles. The average molecular weight is 174 g/mol. The minimum atomic E-state index is -0.343. The molecular weight excluding hydrogens is 156 g/mol. The lowest BCUT2D eigenvalue weighted by atomic mass is 10.2. The summed E-state index contributed by atoms with van der Waals surface area (Å²) in [4.78, 5) is 0. The van der Waals surface area contributed by atoms with Gasteiger partial charge in [-0.05, 0) is 13.8 Å². The topological polar surface area (TPSA) is 56.5 Å². The van der Waals surface area contributed by atoms with Crippen LogP contribution in [0.15, 0.2) is 11.6 Å². The smallest absolute Gasteiger partial charge is 0.176 e. The fourth-order valence-electron chi connectivity index (χ4n) is 0.954. The number of allylic oxidation sites excluding steroid dienone is 1. The molecule has 0 aliphatic carbocycles. The number of hydrazine groups is 1. The molecule has 0 aromatic heterocycles. The monoisotopic (exact) mass is 174 g/mol. The van der Waals surface area contributed by atoms with Gasteiger partial charge in [0.2, 0.25) is 0 Å². The Morgan fingerprint density at radius 1 is 1.33 bits per heavy atom. The Kier molecular flexibility index (Phi) is 5.92. The van der Waals surface area contributed by atoms with Crippen LogP contribution in [0.5, 0.6) is 0 Å². The second kappa shape index (κ2) is 6.14. The van der Waals surface area contributed by atoms with E-state index < -0.39 is 0 Å². The lowest BCUT2D eigenvalue weighted by Crippen LogP contribution is -2.44. The Bertz CT molecular complexity index is 140. The van der Waals surface area contributed by atoms with E-state index in [1.807, 2.05) is 19.9 Å². The van der Waals surface area contributed by atoms with E-state index >= 15 is 0 Å². The molecule has 12 heavy (non-hydrogen) atoms. The molecule has 0 saturated heterocycles. The molecule has 0 aromatic carbocycles. The van der Waals surface area contributed by atoms with E-state index in [1.165, 1.54) is 0 Å². The van der Waals surface area contributed by atoms with E-state index in [1.54, 1.807) is 14.2 Å². The third-order valence-electron chi connectivity index (χ3n) is 1.46. The predicted molar refractivity (Wildman–Crippen MR) is 48.3 cm³/mol. The van der Waals surface area contributed by atoms with Gasteiger partial charge in [0, 0.05) is 14.2 Å². The number of ether oxygens (including phenoxy) is 2. The van der Waals surface area contributed by atoms with Crippen LogP contribution < -0.4 is 11.3 Å². The number of hydrogen-bond acceptors (Lipinski definition) is 4. The van der Waals surface area contributed by atoms with Crippen LogP contribution in [0.1, 0.15) is 13.8 Å². The highest BCUT2D eigenvalue weighted by Crippen LogP contribution is 2.03. The zero-order valence-electron chi connectivity index (χ0n) is 8.13. The molecule has 0 bridgehead atoms. The number of hydrogen-bond donors (Lipinski definition) is 2. The first-order valence-corrected chi connectivity index (χ1v) is 3.82. The van der Waals surface area contributed by atoms with Gasteiger partial charge in [-0.15, -0.1) is 0 Å². The molecule has 0 aliphatic heterocycles. The minimum absolute atomic E-state index is 0.106. The van der Waals surface area contributed by atoms with Crippen LogP contribution in [0.25, 0.3) is 0 Å². The predicted octanol–water partition coefficient (Wildman–Crippen LogP) is 0.403. The van der Waals surface area contributed by atoms with Crippen LogP contribution in [-0.4, -0.2) is 26.6 Å². The van der Waals surface area contributed by atoms with Crippen molar-refractivity contribution in [2.45, 2.75) is 26.2 Å². The van der Waals surface area contributed by atoms with Crippen molar-refractivity contribution >= 4 is 0 Å². The lowest BCUT2D eigenvalue weighted by molar-refractivity contribution is -0.114. The van der Waals surface area contributed by atoms with Gasteiger partial charge < -0.3 is 9.47 Å². The van der Waals surface area contributed by atoms with Gasteiger partial charge in [0.15, 0.2) is 6.29 Å². The molecule has 72 valence electrons. The van der Waals surface area contributed by atoms with Gasteiger partial charge in [0.05, 0.1) is 6.04 Å². The van der Waals surface area contributed by atoms with E-state index in [2.05, 4.69) is 5.43 Å². The Labute approximate surface area is 73.7 Å². The standard InChI is InChI=1S/C8H18N2O2/c1-6(2)5-7(10-9)8(11-3)12-4/h5,7-8,10H,9H2,1-4H3. The molecule has 0 aliphatic rings. The fraction of sp³-hybridized carbons (Fsp3) is 0.750. The average Bonchev–Trinajstić information content (AvgIpc) is 2.04. The van der Waals surface area contributed by atoms with Crippen molar-refractivity contribution in [3.05, 3.63) is 11.6 Å². The third-order valence-corrected chi connectivity index (χ3v) is 1.46. The summed E-state index contributed by atoms with van der Waals surface area (Å²) >= 11 is 0. The maximum Gasteiger partial charge on any atom is 0.176 e. The third kappa shape index (κ3) is 3.82. The second-order valence-electron chi connectivity index (χ2n) is 2.78. The fourth-order valence-corrected chi connectivity index (χ4v) is 0.954. The molecule has 0 fully saturated rings. The van der Waals surface area contributed by atoms with Crippen LogP contribution in [0, 0.1) is 0 Å². The summed E-state index contributed by atoms with van der Waals surface area (Å²) in [6.07, 6.45) is 1.61. The number of methoxy groups -OCH3 is 2. The molecule has 0 amide bonds. The summed E-state index contributed by atoms with van der Waals surface area (Å²) in [7, 11) is 3.16. The van der Waals surface area contributed by atoms with E-state index in [9.17, 15) is 0 Å². The summed E-state index contributed by atoms with van der Waals surface area (Å²) in [5.41, 5.74) is 3.77. The SMILES string of the molecule is COC(OC)C(C=C(C)C)NN. The molecule has 0 saturated carbocycles. The number of nitrogens with two attached hydrogens (primary N) is 1. The highest BCUT2D eigenvalue weighted by molar-refractivity contribution is 5.01. The first kappa shape index (κ1) is 11.6. The molecule has 0 aromatic rings. The van der Waals surface area contributed by atoms with Gasteiger partial charge in [-0.3, -0.25) is 5.84 Å². The van der Waals surface area contributed by atoms with Crippen LogP contribution in [-0.2, 0) is 9.47 Å². The van der Waals surface area contributed by atoms with Gasteiger partial charge in [0.1, 0.15) is 0 Å². The van der Waals surface area contributed by atoms with Crippen LogP contribution >= 0.6 is 0 Å². The van der Waals surface area contributed by atoms with Crippen molar-refractivity contribution < 1.29 is 9.47 Å². The van der Waals surface area contributed by atoms with E-state index in [0.717, 1.165) is 5.57 Å². The van der Waals surface area contributed by atoms with Crippen LogP contribution in [0.4, 0.5) is 0 Å². The molecule has 1 unspecified atom stereocenters. The van der Waals surface area contributed by atoms with Crippen molar-refractivity contribution in [1.82, 2.24) is 5.43 Å². The van der Waals surface area contributed by atoms with E-state index in [0.29, 0.717) is 0 Å². The quantitative estimate of drug-likeness (QED) is 0.274. The van der Waals surface area contributed by atoms with Crippen molar-refractivity contribution in [3.8, 4) is 0 Å². The van der Waals surface area contributed by atoms with Crippen molar-refractivity contribution in [2.75, 3.05) is 14.2 Å². The van der Waals surface area contributed by atoms with E-state index in [-0.39, 0.29) is 12.3 Å². The highest BCUT2D eigenvalue weighted by Gasteiger charge is 2.16. The Morgan fingerprint density at radius 2 is 1.83 bits per heavy atom.